The zero-order valence-electron chi connectivity index (χ0n) is 26.5. The van der Waals surface area contributed by atoms with Crippen LogP contribution in [0.15, 0.2) is 125 Å². The van der Waals surface area contributed by atoms with Crippen LogP contribution in [0.3, 0.4) is 0 Å². The molecule has 0 spiro atoms. The molecule has 3 rings (SSSR count). The summed E-state index contributed by atoms with van der Waals surface area (Å²) in [4.78, 5) is 6.41. The third-order valence-electron chi connectivity index (χ3n) is 6.44. The van der Waals surface area contributed by atoms with E-state index >= 15 is 0 Å². The Balaban J connectivity index is 0.000000887. The van der Waals surface area contributed by atoms with E-state index in [0.29, 0.717) is 0 Å². The number of benzene rings is 2. The van der Waals surface area contributed by atoms with Crippen LogP contribution in [0.4, 0.5) is 0 Å². The van der Waals surface area contributed by atoms with E-state index in [9.17, 15) is 0 Å². The molecule has 0 bridgehead atoms. The van der Waals surface area contributed by atoms with Gasteiger partial charge in [-0.05, 0) is 80.0 Å². The van der Waals surface area contributed by atoms with E-state index in [2.05, 4.69) is 136 Å². The number of allylic oxidation sites excluding steroid dienone is 6. The Kier molecular flexibility index (Phi) is 21.8. The SMILES string of the molecule is C#C.C=C(C)CCc1ccccc1.C=NCCCN1C=C(C(=C)Cc2ccccc2)C/C1=C(\C=C/CC)CC.CC. The number of rotatable bonds is 13. The topological polar surface area (TPSA) is 15.6 Å². The summed E-state index contributed by atoms with van der Waals surface area (Å²) in [7, 11) is 0. The van der Waals surface area contributed by atoms with Gasteiger partial charge < -0.3 is 9.89 Å². The van der Waals surface area contributed by atoms with Gasteiger partial charge in [-0.1, -0.05) is 113 Å². The van der Waals surface area contributed by atoms with Crippen LogP contribution < -0.4 is 0 Å². The fraction of sp³-hybridized carbons (Fsp3) is 0.359. The van der Waals surface area contributed by atoms with Crippen LogP contribution >= 0.6 is 0 Å². The van der Waals surface area contributed by atoms with Crippen molar-refractivity contribution in [1.82, 2.24) is 4.90 Å². The molecule has 2 aromatic carbocycles. The van der Waals surface area contributed by atoms with Crippen LogP contribution in [0.1, 0.15) is 77.8 Å². The van der Waals surface area contributed by atoms with Crippen LogP contribution in [0, 0.1) is 12.8 Å². The highest BCUT2D eigenvalue weighted by Crippen LogP contribution is 2.34. The number of hydrogen-bond donors (Lipinski definition) is 0. The molecule has 0 unspecified atom stereocenters. The second-order valence-corrected chi connectivity index (χ2v) is 9.67. The van der Waals surface area contributed by atoms with E-state index in [0.717, 1.165) is 58.0 Å². The summed E-state index contributed by atoms with van der Waals surface area (Å²) in [5.41, 5.74) is 9.39. The Morgan fingerprint density at radius 2 is 1.54 bits per heavy atom. The molecule has 0 N–H and O–H groups in total. The lowest BCUT2D eigenvalue weighted by atomic mass is 9.97. The molecule has 41 heavy (non-hydrogen) atoms. The smallest absolute Gasteiger partial charge is 0.0399 e. The molecular formula is C39H54N2. The zero-order valence-corrected chi connectivity index (χ0v) is 26.5. The summed E-state index contributed by atoms with van der Waals surface area (Å²) < 4.78 is 0. The van der Waals surface area contributed by atoms with Gasteiger partial charge in [0.25, 0.3) is 0 Å². The minimum atomic E-state index is 0.810. The fourth-order valence-electron chi connectivity index (χ4n) is 4.30. The maximum atomic E-state index is 4.38. The molecule has 1 aliphatic rings. The molecule has 2 aromatic rings. The summed E-state index contributed by atoms with van der Waals surface area (Å²) in [6.07, 6.45) is 22.1. The van der Waals surface area contributed by atoms with Crippen molar-refractivity contribution in [3.63, 3.8) is 0 Å². The van der Waals surface area contributed by atoms with Crippen molar-refractivity contribution >= 4 is 6.72 Å². The van der Waals surface area contributed by atoms with Gasteiger partial charge in [-0.2, -0.15) is 0 Å². The van der Waals surface area contributed by atoms with Crippen molar-refractivity contribution in [3.05, 3.63) is 131 Å². The van der Waals surface area contributed by atoms with Gasteiger partial charge in [0, 0.05) is 31.4 Å². The number of terminal acetylenes is 1. The van der Waals surface area contributed by atoms with Gasteiger partial charge in [0.2, 0.25) is 0 Å². The van der Waals surface area contributed by atoms with E-state index in [4.69, 9.17) is 0 Å². The molecule has 2 nitrogen and oxygen atoms in total. The lowest BCUT2D eigenvalue weighted by Gasteiger charge is -2.20. The molecule has 0 radical (unpaired) electrons. The highest BCUT2D eigenvalue weighted by molar-refractivity contribution is 5.43. The van der Waals surface area contributed by atoms with Gasteiger partial charge in [0.15, 0.2) is 0 Å². The number of hydrogen-bond acceptors (Lipinski definition) is 2. The molecule has 0 aliphatic carbocycles. The largest absolute Gasteiger partial charge is 0.350 e. The lowest BCUT2D eigenvalue weighted by molar-refractivity contribution is 0.461. The second kappa shape index (κ2) is 24.0. The molecule has 0 amide bonds. The Hall–Kier alpha value is -3.83. The van der Waals surface area contributed by atoms with E-state index < -0.39 is 0 Å². The highest BCUT2D eigenvalue weighted by Gasteiger charge is 2.22. The molecule has 0 aromatic heterocycles. The van der Waals surface area contributed by atoms with Crippen molar-refractivity contribution in [2.75, 3.05) is 13.1 Å². The standard InChI is InChI=1S/C24H32N2.C11H14.C2H6.C2H2/c1-5-7-14-22(6-2)24-18-23(19-26(24)16-11-15-25-4)20(3)17-21-12-9-8-10-13-21;1-10(2)8-9-11-6-4-3-5-7-11;2*1-2/h7-10,12-14,19H,3-6,11,15-18H2,1-2H3;3-7H,1,8-9H2,2H3;1-2H3;1-2H/b14-7-,24-22+;;;. The summed E-state index contributed by atoms with van der Waals surface area (Å²) in [5.74, 6) is 0. The van der Waals surface area contributed by atoms with E-state index in [1.807, 2.05) is 19.9 Å². The van der Waals surface area contributed by atoms with Crippen LogP contribution in [-0.2, 0) is 12.8 Å². The molecule has 220 valence electrons. The average molecular weight is 551 g/mol. The Morgan fingerprint density at radius 1 is 0.951 bits per heavy atom. The zero-order chi connectivity index (χ0) is 30.9. The molecule has 0 saturated heterocycles. The van der Waals surface area contributed by atoms with Gasteiger partial charge in [-0.15, -0.1) is 19.4 Å². The summed E-state index contributed by atoms with van der Waals surface area (Å²) in [6, 6.07) is 21.1. The third-order valence-corrected chi connectivity index (χ3v) is 6.44. The maximum absolute atomic E-state index is 4.38. The van der Waals surface area contributed by atoms with E-state index in [-0.39, 0.29) is 0 Å². The van der Waals surface area contributed by atoms with Crippen molar-refractivity contribution < 1.29 is 0 Å². The normalized spacial score (nSPS) is 13.0. The van der Waals surface area contributed by atoms with Gasteiger partial charge in [-0.3, -0.25) is 0 Å². The van der Waals surface area contributed by atoms with Gasteiger partial charge in [0.1, 0.15) is 0 Å². The quantitative estimate of drug-likeness (QED) is 0.105. The third kappa shape index (κ3) is 15.5. The van der Waals surface area contributed by atoms with Gasteiger partial charge >= 0.3 is 0 Å². The molecule has 1 aliphatic heterocycles. The molecule has 0 saturated carbocycles. The molecular weight excluding hydrogens is 496 g/mol. The van der Waals surface area contributed by atoms with E-state index in [1.165, 1.54) is 39.1 Å². The Bertz CT molecular complexity index is 1110. The van der Waals surface area contributed by atoms with Gasteiger partial charge in [-0.25, -0.2) is 0 Å². The fourth-order valence-corrected chi connectivity index (χ4v) is 4.30. The summed E-state index contributed by atoms with van der Waals surface area (Å²) in [5, 5.41) is 0. The lowest BCUT2D eigenvalue weighted by Crippen LogP contribution is -2.16. The second-order valence-electron chi connectivity index (χ2n) is 9.67. The van der Waals surface area contributed by atoms with Crippen LogP contribution in [-0.4, -0.2) is 24.7 Å². The predicted octanol–water partition coefficient (Wildman–Crippen LogP) is 10.6. The number of aryl methyl sites for hydroxylation is 1. The predicted molar refractivity (Wildman–Crippen MR) is 185 cm³/mol. The monoisotopic (exact) mass is 550 g/mol. The summed E-state index contributed by atoms with van der Waals surface area (Å²) in [6.45, 7) is 24.1. The van der Waals surface area contributed by atoms with Crippen LogP contribution in [0.25, 0.3) is 0 Å². The molecule has 1 heterocycles. The molecule has 2 heteroatoms. The van der Waals surface area contributed by atoms with E-state index in [1.54, 1.807) is 0 Å². The number of nitrogens with zero attached hydrogens (tertiary/aromatic N) is 2. The van der Waals surface area contributed by atoms with Crippen molar-refractivity contribution in [2.45, 2.75) is 79.6 Å². The maximum Gasteiger partial charge on any atom is 0.0399 e. The molecule has 0 fully saturated rings. The highest BCUT2D eigenvalue weighted by atomic mass is 15.1. The first-order chi connectivity index (χ1) is 20.0. The number of aliphatic imine (C=N–C) groups is 1. The van der Waals surface area contributed by atoms with Crippen LogP contribution in [0.5, 0.6) is 0 Å². The van der Waals surface area contributed by atoms with Crippen molar-refractivity contribution in [2.24, 2.45) is 4.99 Å². The molecule has 0 atom stereocenters. The Morgan fingerprint density at radius 3 is 2.05 bits per heavy atom. The van der Waals surface area contributed by atoms with Crippen molar-refractivity contribution in [3.8, 4) is 12.8 Å². The Labute approximate surface area is 253 Å². The van der Waals surface area contributed by atoms with Crippen molar-refractivity contribution in [1.29, 1.82) is 0 Å². The first kappa shape index (κ1) is 37.2. The van der Waals surface area contributed by atoms with Gasteiger partial charge in [0.05, 0.1) is 0 Å². The first-order valence-corrected chi connectivity index (χ1v) is 15.0. The van der Waals surface area contributed by atoms with Crippen LogP contribution in [0.2, 0.25) is 0 Å². The first-order valence-electron chi connectivity index (χ1n) is 15.0. The summed E-state index contributed by atoms with van der Waals surface area (Å²) >= 11 is 0. The minimum absolute atomic E-state index is 0.810. The minimum Gasteiger partial charge on any atom is -0.350 e. The average Bonchev–Trinajstić information content (AvgIpc) is 3.44.